The zero-order valence-corrected chi connectivity index (χ0v) is 26.5. The maximum atomic E-state index is 13.9. The molecule has 0 aliphatic heterocycles. The third-order valence-electron chi connectivity index (χ3n) is 8.33. The fourth-order valence-corrected chi connectivity index (χ4v) is 5.83. The van der Waals surface area contributed by atoms with Crippen LogP contribution in [-0.2, 0) is 41.4 Å². The molecule has 0 radical (unpaired) electrons. The number of unbranched alkanes of at least 4 members (excludes halogenated alkanes) is 8. The molecule has 0 spiro atoms. The molecule has 0 aromatic carbocycles. The molecule has 0 N–H and O–H groups in total. The Morgan fingerprint density at radius 2 is 1.47 bits per heavy atom. The Hall–Kier alpha value is -3.08. The first-order chi connectivity index (χ1) is 21.6. The normalized spacial score (nSPS) is 17.9. The molecular weight excluding hydrogens is 591 g/mol. The van der Waals surface area contributed by atoms with E-state index >= 15 is 0 Å². The number of ether oxygens (including phenoxy) is 3. The minimum absolute atomic E-state index is 0.0191. The average molecular weight is 638 g/mol. The summed E-state index contributed by atoms with van der Waals surface area (Å²) in [6.07, 6.45) is 6.70. The van der Waals surface area contributed by atoms with Crippen LogP contribution in [0.5, 0.6) is 0 Å². The number of hydrogen-bond acceptors (Lipinski definition) is 8. The molecular formula is C34H46F3NO7. The molecule has 250 valence electrons. The van der Waals surface area contributed by atoms with Crippen molar-refractivity contribution in [2.75, 3.05) is 13.2 Å². The predicted octanol–water partition coefficient (Wildman–Crippen LogP) is 7.86. The standard InChI is InChI=1S/C34H46F3NO7/c1-3-5-7-9-11-13-28(39)44-20-19-43-22-26-25(17-18-27(38-26)34(35,36)37)32(42)30-31(41)23-15-16-24(21-23)33(30)45-29(40)14-12-10-8-6-4-2/h17-18,23-24H,3-16,19-22H2,1-2H3. The van der Waals surface area contributed by atoms with Gasteiger partial charge in [0.25, 0.3) is 0 Å². The molecule has 3 rings (SSSR count). The molecule has 2 aliphatic rings. The van der Waals surface area contributed by atoms with Crippen molar-refractivity contribution >= 4 is 23.5 Å². The first-order valence-corrected chi connectivity index (χ1v) is 16.4. The van der Waals surface area contributed by atoms with E-state index < -0.39 is 41.9 Å². The van der Waals surface area contributed by atoms with E-state index in [-0.39, 0.29) is 60.5 Å². The number of rotatable bonds is 20. The second-order valence-electron chi connectivity index (χ2n) is 11.9. The highest BCUT2D eigenvalue weighted by molar-refractivity contribution is 6.28. The monoisotopic (exact) mass is 637 g/mol. The van der Waals surface area contributed by atoms with Gasteiger partial charge in [0.1, 0.15) is 23.6 Å². The van der Waals surface area contributed by atoms with Crippen LogP contribution in [0.2, 0.25) is 0 Å². The van der Waals surface area contributed by atoms with Gasteiger partial charge in [0.05, 0.1) is 18.9 Å². The summed E-state index contributed by atoms with van der Waals surface area (Å²) in [6, 6.07) is 1.67. The maximum absolute atomic E-state index is 13.9. The van der Waals surface area contributed by atoms with Gasteiger partial charge in [0, 0.05) is 30.2 Å². The summed E-state index contributed by atoms with van der Waals surface area (Å²) in [4.78, 5) is 55.6. The Labute approximate surface area is 263 Å². The topological polar surface area (TPSA) is 109 Å². The van der Waals surface area contributed by atoms with E-state index in [9.17, 15) is 32.3 Å². The Balaban J connectivity index is 1.73. The summed E-state index contributed by atoms with van der Waals surface area (Å²) >= 11 is 0. The number of fused-ring (bicyclic) bond motifs is 2. The zero-order valence-electron chi connectivity index (χ0n) is 26.5. The molecule has 2 unspecified atom stereocenters. The highest BCUT2D eigenvalue weighted by Gasteiger charge is 2.45. The van der Waals surface area contributed by atoms with Gasteiger partial charge in [-0.15, -0.1) is 0 Å². The molecule has 0 saturated heterocycles. The number of carbonyl (C=O) groups excluding carboxylic acids is 4. The molecule has 0 amide bonds. The van der Waals surface area contributed by atoms with Crippen molar-refractivity contribution in [2.24, 2.45) is 11.8 Å². The van der Waals surface area contributed by atoms with E-state index in [0.717, 1.165) is 57.4 Å². The number of pyridine rings is 1. The van der Waals surface area contributed by atoms with E-state index in [1.165, 1.54) is 0 Å². The lowest BCUT2D eigenvalue weighted by Gasteiger charge is -2.24. The van der Waals surface area contributed by atoms with E-state index in [1.807, 2.05) is 0 Å². The second kappa shape index (κ2) is 18.2. The smallest absolute Gasteiger partial charge is 0.433 e. The van der Waals surface area contributed by atoms with Crippen LogP contribution < -0.4 is 0 Å². The van der Waals surface area contributed by atoms with Crippen LogP contribution in [-0.4, -0.2) is 41.7 Å². The summed E-state index contributed by atoms with van der Waals surface area (Å²) in [5, 5.41) is 0. The maximum Gasteiger partial charge on any atom is 0.433 e. The number of carbonyl (C=O) groups is 4. The molecule has 2 aliphatic carbocycles. The van der Waals surface area contributed by atoms with Gasteiger partial charge in [-0.2, -0.15) is 13.2 Å². The minimum atomic E-state index is -4.78. The third kappa shape index (κ3) is 11.0. The van der Waals surface area contributed by atoms with Gasteiger partial charge in [-0.1, -0.05) is 65.2 Å². The van der Waals surface area contributed by atoms with Crippen molar-refractivity contribution in [1.82, 2.24) is 4.98 Å². The molecule has 1 saturated carbocycles. The number of esters is 2. The lowest BCUT2D eigenvalue weighted by atomic mass is 9.83. The fraction of sp³-hybridized carbons (Fsp3) is 0.676. The van der Waals surface area contributed by atoms with E-state index in [2.05, 4.69) is 18.8 Å². The molecule has 11 heteroatoms. The van der Waals surface area contributed by atoms with Crippen molar-refractivity contribution < 1.29 is 46.6 Å². The number of halogens is 3. The first kappa shape index (κ1) is 36.4. The number of alkyl halides is 3. The number of nitrogens with zero attached hydrogens (tertiary/aromatic N) is 1. The Kier molecular flexibility index (Phi) is 14.7. The molecule has 2 bridgehead atoms. The summed E-state index contributed by atoms with van der Waals surface area (Å²) in [7, 11) is 0. The molecule has 1 aromatic heterocycles. The van der Waals surface area contributed by atoms with Crippen LogP contribution in [0.3, 0.4) is 0 Å². The third-order valence-corrected chi connectivity index (χ3v) is 8.33. The second-order valence-corrected chi connectivity index (χ2v) is 11.9. The summed E-state index contributed by atoms with van der Waals surface area (Å²) in [5.74, 6) is -2.90. The Bertz CT molecular complexity index is 1210. The molecule has 1 aromatic rings. The van der Waals surface area contributed by atoms with Gasteiger partial charge in [0.2, 0.25) is 5.78 Å². The number of ketones is 2. The molecule has 8 nitrogen and oxygen atoms in total. The van der Waals surface area contributed by atoms with Gasteiger partial charge < -0.3 is 14.2 Å². The molecule has 1 heterocycles. The molecule has 1 fully saturated rings. The highest BCUT2D eigenvalue weighted by Crippen LogP contribution is 2.45. The summed E-state index contributed by atoms with van der Waals surface area (Å²) in [6.45, 7) is 3.47. The van der Waals surface area contributed by atoms with Gasteiger partial charge in [0.15, 0.2) is 5.78 Å². The minimum Gasteiger partial charge on any atom is -0.463 e. The van der Waals surface area contributed by atoms with E-state index in [4.69, 9.17) is 14.2 Å². The van der Waals surface area contributed by atoms with Crippen molar-refractivity contribution in [3.63, 3.8) is 0 Å². The van der Waals surface area contributed by atoms with Gasteiger partial charge >= 0.3 is 18.1 Å². The van der Waals surface area contributed by atoms with Crippen LogP contribution in [0.4, 0.5) is 13.2 Å². The van der Waals surface area contributed by atoms with Gasteiger partial charge in [-0.3, -0.25) is 19.2 Å². The van der Waals surface area contributed by atoms with Crippen LogP contribution in [0.15, 0.2) is 23.5 Å². The van der Waals surface area contributed by atoms with Crippen LogP contribution in [0.1, 0.15) is 132 Å². The Morgan fingerprint density at radius 1 is 0.844 bits per heavy atom. The first-order valence-electron chi connectivity index (χ1n) is 16.4. The average Bonchev–Trinajstić information content (AvgIpc) is 3.45. The fourth-order valence-electron chi connectivity index (χ4n) is 5.83. The summed E-state index contributed by atoms with van der Waals surface area (Å²) in [5.41, 5.74) is -2.05. The van der Waals surface area contributed by atoms with Crippen molar-refractivity contribution in [3.8, 4) is 0 Å². The number of Topliss-reactive ketones (excluding diaryl/α,β-unsaturated/α-hetero) is 2. The van der Waals surface area contributed by atoms with E-state index in [0.29, 0.717) is 38.2 Å². The van der Waals surface area contributed by atoms with Crippen molar-refractivity contribution in [2.45, 2.75) is 123 Å². The number of aromatic nitrogens is 1. The summed E-state index contributed by atoms with van der Waals surface area (Å²) < 4.78 is 56.9. The van der Waals surface area contributed by atoms with E-state index in [1.54, 1.807) is 0 Å². The Morgan fingerprint density at radius 3 is 2.11 bits per heavy atom. The lowest BCUT2D eigenvalue weighted by Crippen LogP contribution is -2.30. The quantitative estimate of drug-likeness (QED) is 0.0615. The largest absolute Gasteiger partial charge is 0.463 e. The molecule has 45 heavy (non-hydrogen) atoms. The van der Waals surface area contributed by atoms with Crippen LogP contribution in [0, 0.1) is 11.8 Å². The van der Waals surface area contributed by atoms with Gasteiger partial charge in [-0.25, -0.2) is 4.98 Å². The number of allylic oxidation sites excluding steroid dienone is 2. The predicted molar refractivity (Wildman–Crippen MR) is 160 cm³/mol. The van der Waals surface area contributed by atoms with Crippen LogP contribution in [0.25, 0.3) is 0 Å². The SMILES string of the molecule is CCCCCCCC(=O)OCCOCc1nc(C(F)(F)F)ccc1C(=O)C1=C(OC(=O)CCCCCCC)C2CCC(C2)C1=O. The lowest BCUT2D eigenvalue weighted by molar-refractivity contribution is -0.146. The van der Waals surface area contributed by atoms with Crippen LogP contribution >= 0.6 is 0 Å². The highest BCUT2D eigenvalue weighted by atomic mass is 19.4. The number of hydrogen-bond donors (Lipinski definition) is 0. The van der Waals surface area contributed by atoms with Gasteiger partial charge in [-0.05, 0) is 44.2 Å². The molecule has 2 atom stereocenters. The zero-order chi connectivity index (χ0) is 32.8. The van der Waals surface area contributed by atoms with Crippen molar-refractivity contribution in [3.05, 3.63) is 40.4 Å². The van der Waals surface area contributed by atoms with Crippen molar-refractivity contribution in [1.29, 1.82) is 0 Å².